The summed E-state index contributed by atoms with van der Waals surface area (Å²) in [6.45, 7) is 2.77. The number of fused-ring (bicyclic) bond motifs is 2. The summed E-state index contributed by atoms with van der Waals surface area (Å²) in [5.74, 6) is 1.03. The first-order valence-electron chi connectivity index (χ1n) is 10.6. The minimum Gasteiger partial charge on any atom is -0.493 e. The summed E-state index contributed by atoms with van der Waals surface area (Å²) in [5, 5.41) is 0.442. The first kappa shape index (κ1) is 22.7. The van der Waals surface area contributed by atoms with E-state index in [2.05, 4.69) is 0 Å². The number of methoxy groups -OCH3 is 4. The van der Waals surface area contributed by atoms with E-state index in [0.717, 1.165) is 5.56 Å². The van der Waals surface area contributed by atoms with Crippen molar-refractivity contribution < 1.29 is 28.2 Å². The summed E-state index contributed by atoms with van der Waals surface area (Å²) < 4.78 is 27.6. The van der Waals surface area contributed by atoms with Gasteiger partial charge < -0.3 is 28.3 Å². The largest absolute Gasteiger partial charge is 0.493 e. The number of carbonyl (C=O) groups is 1. The normalized spacial score (nSPS) is 15.1. The second-order valence-corrected chi connectivity index (χ2v) is 7.88. The third-order valence-electron chi connectivity index (χ3n) is 5.87. The number of aryl methyl sites for hydroxylation is 1. The van der Waals surface area contributed by atoms with Crippen LogP contribution in [-0.4, -0.2) is 52.4 Å². The standard InChI is InChI=1S/C25H27NO7/c1-14-7-8-17-16(11-14)22(27)20-21(26(9-6-10-29-2)25(28)24(20)33-17)15-12-18(30-3)23(32-5)19(13-15)31-4/h7-8,11-13,21H,6,9-10H2,1-5H3/t21-/m1/s1. The van der Waals surface area contributed by atoms with Gasteiger partial charge in [-0.15, -0.1) is 0 Å². The van der Waals surface area contributed by atoms with E-state index < -0.39 is 6.04 Å². The van der Waals surface area contributed by atoms with Gasteiger partial charge in [-0.25, -0.2) is 0 Å². The molecule has 0 aliphatic carbocycles. The first-order valence-corrected chi connectivity index (χ1v) is 10.6. The molecule has 2 aromatic carbocycles. The van der Waals surface area contributed by atoms with Crippen LogP contribution in [0.4, 0.5) is 0 Å². The first-order chi connectivity index (χ1) is 15.9. The topological polar surface area (TPSA) is 87.4 Å². The molecule has 0 unspecified atom stereocenters. The number of amides is 1. The molecule has 8 nitrogen and oxygen atoms in total. The van der Waals surface area contributed by atoms with Gasteiger partial charge in [0.05, 0.1) is 38.3 Å². The summed E-state index contributed by atoms with van der Waals surface area (Å²) in [4.78, 5) is 28.7. The van der Waals surface area contributed by atoms with Crippen LogP contribution in [-0.2, 0) is 4.74 Å². The Balaban J connectivity index is 1.97. The molecule has 3 aromatic rings. The number of nitrogens with zero attached hydrogens (tertiary/aromatic N) is 1. The number of hydrogen-bond donors (Lipinski definition) is 0. The fourth-order valence-electron chi connectivity index (χ4n) is 4.35. The Kier molecular flexibility index (Phi) is 6.29. The molecular formula is C25H27NO7. The average molecular weight is 453 g/mol. The van der Waals surface area contributed by atoms with Crippen molar-refractivity contribution in [3.63, 3.8) is 0 Å². The summed E-state index contributed by atoms with van der Waals surface area (Å²) in [7, 11) is 6.18. The molecule has 0 saturated heterocycles. The Morgan fingerprint density at radius 1 is 0.970 bits per heavy atom. The van der Waals surface area contributed by atoms with Crippen molar-refractivity contribution in [3.8, 4) is 17.2 Å². The second kappa shape index (κ2) is 9.15. The molecule has 1 aliphatic heterocycles. The van der Waals surface area contributed by atoms with E-state index in [9.17, 15) is 9.59 Å². The fraction of sp³-hybridized carbons (Fsp3) is 0.360. The van der Waals surface area contributed by atoms with Crippen LogP contribution in [0.1, 0.15) is 39.7 Å². The highest BCUT2D eigenvalue weighted by molar-refractivity contribution is 5.99. The van der Waals surface area contributed by atoms with Gasteiger partial charge in [0.15, 0.2) is 16.9 Å². The molecule has 174 valence electrons. The molecule has 0 saturated carbocycles. The van der Waals surface area contributed by atoms with Gasteiger partial charge in [-0.1, -0.05) is 11.6 Å². The molecular weight excluding hydrogens is 426 g/mol. The van der Waals surface area contributed by atoms with Crippen LogP contribution >= 0.6 is 0 Å². The molecule has 0 radical (unpaired) electrons. The van der Waals surface area contributed by atoms with Gasteiger partial charge in [0.25, 0.3) is 5.91 Å². The lowest BCUT2D eigenvalue weighted by atomic mass is 9.97. The van der Waals surface area contributed by atoms with E-state index in [1.807, 2.05) is 13.0 Å². The summed E-state index contributed by atoms with van der Waals surface area (Å²) in [6.07, 6.45) is 0.601. The predicted molar refractivity (Wildman–Crippen MR) is 123 cm³/mol. The minimum atomic E-state index is -0.667. The third kappa shape index (κ3) is 3.80. The second-order valence-electron chi connectivity index (χ2n) is 7.88. The highest BCUT2D eigenvalue weighted by Crippen LogP contribution is 2.45. The monoisotopic (exact) mass is 453 g/mol. The van der Waals surface area contributed by atoms with Crippen molar-refractivity contribution in [1.29, 1.82) is 0 Å². The Bertz CT molecular complexity index is 1240. The third-order valence-corrected chi connectivity index (χ3v) is 5.87. The van der Waals surface area contributed by atoms with Crippen molar-refractivity contribution in [2.24, 2.45) is 0 Å². The summed E-state index contributed by atoms with van der Waals surface area (Å²) in [5.41, 5.74) is 2.06. The van der Waals surface area contributed by atoms with Crippen LogP contribution in [0.2, 0.25) is 0 Å². The van der Waals surface area contributed by atoms with E-state index >= 15 is 0 Å². The Morgan fingerprint density at radius 2 is 1.67 bits per heavy atom. The van der Waals surface area contributed by atoms with Gasteiger partial charge in [0.1, 0.15) is 5.58 Å². The molecule has 8 heteroatoms. The van der Waals surface area contributed by atoms with Crippen molar-refractivity contribution in [2.45, 2.75) is 19.4 Å². The lowest BCUT2D eigenvalue weighted by molar-refractivity contribution is 0.0707. The molecule has 0 N–H and O–H groups in total. The lowest BCUT2D eigenvalue weighted by Crippen LogP contribution is -2.31. The Hall–Kier alpha value is -3.52. The van der Waals surface area contributed by atoms with Crippen molar-refractivity contribution in [3.05, 3.63) is 63.0 Å². The van der Waals surface area contributed by atoms with Crippen LogP contribution in [0.3, 0.4) is 0 Å². The average Bonchev–Trinajstić information content (AvgIpc) is 3.10. The zero-order valence-corrected chi connectivity index (χ0v) is 19.4. The van der Waals surface area contributed by atoms with E-state index in [-0.39, 0.29) is 17.1 Å². The lowest BCUT2D eigenvalue weighted by Gasteiger charge is -2.26. The highest BCUT2D eigenvalue weighted by atomic mass is 16.5. The van der Waals surface area contributed by atoms with Crippen molar-refractivity contribution in [1.82, 2.24) is 4.90 Å². The zero-order chi connectivity index (χ0) is 23.7. The van der Waals surface area contributed by atoms with Crippen LogP contribution < -0.4 is 19.6 Å². The number of benzene rings is 2. The molecule has 0 fully saturated rings. The molecule has 1 atom stereocenters. The molecule has 4 rings (SSSR count). The SMILES string of the molecule is COCCCN1C(=O)c2oc3ccc(C)cc3c(=O)c2[C@H]1c1cc(OC)c(OC)c(OC)c1. The Labute approximate surface area is 191 Å². The molecule has 1 aromatic heterocycles. The molecule has 0 bridgehead atoms. The highest BCUT2D eigenvalue weighted by Gasteiger charge is 2.43. The van der Waals surface area contributed by atoms with Gasteiger partial charge in [-0.3, -0.25) is 9.59 Å². The van der Waals surface area contributed by atoms with Crippen LogP contribution in [0.25, 0.3) is 11.0 Å². The zero-order valence-electron chi connectivity index (χ0n) is 19.4. The maximum absolute atomic E-state index is 13.7. The smallest absolute Gasteiger partial charge is 0.290 e. The van der Waals surface area contributed by atoms with Crippen molar-refractivity contribution in [2.75, 3.05) is 41.6 Å². The summed E-state index contributed by atoms with van der Waals surface area (Å²) in [6, 6.07) is 8.21. The van der Waals surface area contributed by atoms with E-state index in [0.29, 0.717) is 58.9 Å². The van der Waals surface area contributed by atoms with E-state index in [4.69, 9.17) is 23.4 Å². The quantitative estimate of drug-likeness (QED) is 0.481. The van der Waals surface area contributed by atoms with Crippen LogP contribution in [0.5, 0.6) is 17.2 Å². The molecule has 0 spiro atoms. The van der Waals surface area contributed by atoms with E-state index in [1.54, 1.807) is 36.3 Å². The maximum atomic E-state index is 13.7. The van der Waals surface area contributed by atoms with Gasteiger partial charge in [-0.05, 0) is 43.2 Å². The Morgan fingerprint density at radius 3 is 2.27 bits per heavy atom. The van der Waals surface area contributed by atoms with Gasteiger partial charge in [0.2, 0.25) is 11.5 Å². The molecule has 1 amide bonds. The van der Waals surface area contributed by atoms with Crippen LogP contribution in [0, 0.1) is 6.92 Å². The predicted octanol–water partition coefficient (Wildman–Crippen LogP) is 3.71. The van der Waals surface area contributed by atoms with Gasteiger partial charge in [0, 0.05) is 20.3 Å². The summed E-state index contributed by atoms with van der Waals surface area (Å²) >= 11 is 0. The molecule has 2 heterocycles. The molecule has 1 aliphatic rings. The van der Waals surface area contributed by atoms with E-state index in [1.165, 1.54) is 21.3 Å². The van der Waals surface area contributed by atoms with Gasteiger partial charge >= 0.3 is 0 Å². The number of carbonyl (C=O) groups excluding carboxylic acids is 1. The van der Waals surface area contributed by atoms with Crippen molar-refractivity contribution >= 4 is 16.9 Å². The minimum absolute atomic E-state index is 0.0625. The van der Waals surface area contributed by atoms with Gasteiger partial charge in [-0.2, -0.15) is 0 Å². The number of hydrogen-bond acceptors (Lipinski definition) is 7. The maximum Gasteiger partial charge on any atom is 0.290 e. The number of rotatable bonds is 8. The molecule has 33 heavy (non-hydrogen) atoms. The number of ether oxygens (including phenoxy) is 4. The fourth-order valence-corrected chi connectivity index (χ4v) is 4.35. The van der Waals surface area contributed by atoms with Crippen LogP contribution in [0.15, 0.2) is 39.5 Å².